The van der Waals surface area contributed by atoms with Crippen molar-refractivity contribution in [3.63, 3.8) is 0 Å². The zero-order chi connectivity index (χ0) is 15.0. The minimum atomic E-state index is -1.07. The molecule has 0 amide bonds. The lowest BCUT2D eigenvalue weighted by Gasteiger charge is -2.19. The Morgan fingerprint density at radius 3 is 2.81 bits per heavy atom. The molecule has 1 heterocycles. The highest BCUT2D eigenvalue weighted by molar-refractivity contribution is 5.84. The lowest BCUT2D eigenvalue weighted by Crippen LogP contribution is -2.16. The molecule has 2 unspecified atom stereocenters. The number of carboxylic acids is 1. The summed E-state index contributed by atoms with van der Waals surface area (Å²) in [5, 5.41) is 12.2. The third kappa shape index (κ3) is 2.59. The molecular weight excluding hydrogens is 266 g/mol. The van der Waals surface area contributed by atoms with Crippen LogP contribution < -0.4 is 5.32 Å². The predicted octanol–water partition coefficient (Wildman–Crippen LogP) is 2.83. The van der Waals surface area contributed by atoms with Gasteiger partial charge in [0.2, 0.25) is 0 Å². The number of benzene rings is 1. The zero-order valence-electron chi connectivity index (χ0n) is 12.0. The molecule has 0 aliphatic heterocycles. The van der Waals surface area contributed by atoms with Gasteiger partial charge in [0.1, 0.15) is 5.82 Å². The van der Waals surface area contributed by atoms with Gasteiger partial charge < -0.3 is 10.4 Å². The molecule has 2 N–H and O–H groups in total. The molecule has 1 aromatic heterocycles. The van der Waals surface area contributed by atoms with Gasteiger partial charge in [0.25, 0.3) is 0 Å². The van der Waals surface area contributed by atoms with E-state index in [2.05, 4.69) is 47.3 Å². The summed E-state index contributed by atoms with van der Waals surface area (Å²) in [6, 6.07) is 6.71. The molecular formula is C16H17N3O2. The van der Waals surface area contributed by atoms with Gasteiger partial charge in [0.15, 0.2) is 5.69 Å². The third-order valence-electron chi connectivity index (χ3n) is 3.92. The van der Waals surface area contributed by atoms with Gasteiger partial charge in [-0.05, 0) is 30.4 Å². The largest absolute Gasteiger partial charge is 0.476 e. The van der Waals surface area contributed by atoms with Crippen molar-refractivity contribution in [2.45, 2.75) is 26.3 Å². The van der Waals surface area contributed by atoms with Crippen LogP contribution in [-0.2, 0) is 6.42 Å². The zero-order valence-corrected chi connectivity index (χ0v) is 12.0. The van der Waals surface area contributed by atoms with Crippen LogP contribution in [-0.4, -0.2) is 21.0 Å². The summed E-state index contributed by atoms with van der Waals surface area (Å²) in [5.74, 6) is -0.00166. The molecule has 2 atom stereocenters. The van der Waals surface area contributed by atoms with Crippen molar-refractivity contribution in [3.8, 4) is 0 Å². The number of rotatable bonds is 3. The molecule has 1 aromatic carbocycles. The van der Waals surface area contributed by atoms with Crippen molar-refractivity contribution >= 4 is 11.8 Å². The average molecular weight is 283 g/mol. The maximum atomic E-state index is 10.8. The van der Waals surface area contributed by atoms with Crippen LogP contribution in [0, 0.1) is 12.8 Å². The van der Waals surface area contributed by atoms with Gasteiger partial charge in [0.05, 0.1) is 18.4 Å². The minimum Gasteiger partial charge on any atom is -0.476 e. The topological polar surface area (TPSA) is 75.1 Å². The van der Waals surface area contributed by atoms with Gasteiger partial charge in [-0.25, -0.2) is 14.8 Å². The highest BCUT2D eigenvalue weighted by Crippen LogP contribution is 2.38. The van der Waals surface area contributed by atoms with Crippen LogP contribution in [0.15, 0.2) is 30.6 Å². The van der Waals surface area contributed by atoms with Gasteiger partial charge in [-0.1, -0.05) is 30.7 Å². The van der Waals surface area contributed by atoms with E-state index in [1.165, 1.54) is 29.1 Å². The van der Waals surface area contributed by atoms with E-state index in [0.29, 0.717) is 11.7 Å². The maximum Gasteiger partial charge on any atom is 0.356 e. The van der Waals surface area contributed by atoms with Gasteiger partial charge in [0, 0.05) is 0 Å². The fourth-order valence-corrected chi connectivity index (χ4v) is 2.85. The molecule has 0 bridgehead atoms. The highest BCUT2D eigenvalue weighted by atomic mass is 16.4. The molecule has 5 nitrogen and oxygen atoms in total. The summed E-state index contributed by atoms with van der Waals surface area (Å²) in [4.78, 5) is 18.8. The van der Waals surface area contributed by atoms with Crippen molar-refractivity contribution < 1.29 is 9.90 Å². The van der Waals surface area contributed by atoms with Gasteiger partial charge in [-0.15, -0.1) is 0 Å². The normalized spacial score (nSPS) is 20.1. The first-order valence-electron chi connectivity index (χ1n) is 6.96. The Bertz CT molecular complexity index is 682. The molecule has 108 valence electrons. The number of aromatic carboxylic acids is 1. The highest BCUT2D eigenvalue weighted by Gasteiger charge is 2.29. The predicted molar refractivity (Wildman–Crippen MR) is 79.4 cm³/mol. The SMILES string of the molecule is Cc1ccc2c(c1)C(Nc1cnc(C(=O)O)cn1)C(C)C2. The van der Waals surface area contributed by atoms with Crippen LogP contribution in [0.5, 0.6) is 0 Å². The average Bonchev–Trinajstić information content (AvgIpc) is 2.76. The molecule has 0 fully saturated rings. The number of carboxylic acid groups (broad SMARTS) is 1. The summed E-state index contributed by atoms with van der Waals surface area (Å²) in [5.41, 5.74) is 3.85. The first kappa shape index (κ1) is 13.5. The number of aryl methyl sites for hydroxylation is 1. The number of nitrogens with one attached hydrogen (secondary N) is 1. The van der Waals surface area contributed by atoms with Gasteiger partial charge in [-0.3, -0.25) is 0 Å². The van der Waals surface area contributed by atoms with Crippen LogP contribution in [0.25, 0.3) is 0 Å². The fourth-order valence-electron chi connectivity index (χ4n) is 2.85. The van der Waals surface area contributed by atoms with Gasteiger partial charge in [-0.2, -0.15) is 0 Å². The van der Waals surface area contributed by atoms with E-state index in [0.717, 1.165) is 6.42 Å². The minimum absolute atomic E-state index is 0.0451. The van der Waals surface area contributed by atoms with Crippen molar-refractivity contribution in [3.05, 3.63) is 53.0 Å². The summed E-state index contributed by atoms with van der Waals surface area (Å²) < 4.78 is 0. The Kier molecular flexibility index (Phi) is 3.33. The van der Waals surface area contributed by atoms with E-state index in [1.807, 2.05) is 0 Å². The van der Waals surface area contributed by atoms with Crippen LogP contribution in [0.4, 0.5) is 5.82 Å². The van der Waals surface area contributed by atoms with E-state index < -0.39 is 5.97 Å². The fraction of sp³-hybridized carbons (Fsp3) is 0.312. The van der Waals surface area contributed by atoms with Crippen molar-refractivity contribution in [2.24, 2.45) is 5.92 Å². The molecule has 0 radical (unpaired) electrons. The van der Waals surface area contributed by atoms with E-state index in [1.54, 1.807) is 0 Å². The quantitative estimate of drug-likeness (QED) is 0.906. The second-order valence-corrected chi connectivity index (χ2v) is 5.60. The molecule has 0 saturated heterocycles. The van der Waals surface area contributed by atoms with E-state index >= 15 is 0 Å². The van der Waals surface area contributed by atoms with E-state index in [-0.39, 0.29) is 11.7 Å². The molecule has 2 aromatic rings. The molecule has 5 heteroatoms. The second kappa shape index (κ2) is 5.16. The Labute approximate surface area is 123 Å². The number of hydrogen-bond acceptors (Lipinski definition) is 4. The second-order valence-electron chi connectivity index (χ2n) is 5.60. The Morgan fingerprint density at radius 2 is 2.14 bits per heavy atom. The Hall–Kier alpha value is -2.43. The molecule has 0 saturated carbocycles. The molecule has 3 rings (SSSR count). The number of anilines is 1. The van der Waals surface area contributed by atoms with E-state index in [4.69, 9.17) is 5.11 Å². The summed E-state index contributed by atoms with van der Waals surface area (Å²) >= 11 is 0. The van der Waals surface area contributed by atoms with Crippen molar-refractivity contribution in [2.75, 3.05) is 5.32 Å². The summed E-state index contributed by atoms with van der Waals surface area (Å²) in [6.45, 7) is 4.29. The molecule has 1 aliphatic rings. The Morgan fingerprint density at radius 1 is 1.33 bits per heavy atom. The molecule has 21 heavy (non-hydrogen) atoms. The van der Waals surface area contributed by atoms with Crippen molar-refractivity contribution in [1.82, 2.24) is 9.97 Å². The van der Waals surface area contributed by atoms with Crippen LogP contribution in [0.3, 0.4) is 0 Å². The standard InChI is InChI=1S/C16H17N3O2/c1-9-3-4-11-6-10(2)15(12(11)5-9)19-14-8-17-13(7-18-14)16(20)21/h3-5,7-8,10,15H,6H2,1-2H3,(H,18,19)(H,20,21). The number of carbonyl (C=O) groups is 1. The van der Waals surface area contributed by atoms with E-state index in [9.17, 15) is 4.79 Å². The number of nitrogens with zero attached hydrogens (tertiary/aromatic N) is 2. The molecule has 1 aliphatic carbocycles. The summed E-state index contributed by atoms with van der Waals surface area (Å²) in [7, 11) is 0. The lowest BCUT2D eigenvalue weighted by molar-refractivity contribution is 0.0690. The van der Waals surface area contributed by atoms with Gasteiger partial charge >= 0.3 is 5.97 Å². The molecule has 0 spiro atoms. The lowest BCUT2D eigenvalue weighted by atomic mass is 10.0. The van der Waals surface area contributed by atoms with Crippen molar-refractivity contribution in [1.29, 1.82) is 0 Å². The number of hydrogen-bond donors (Lipinski definition) is 2. The first-order valence-corrected chi connectivity index (χ1v) is 6.96. The number of fused-ring (bicyclic) bond motifs is 1. The smallest absolute Gasteiger partial charge is 0.356 e. The first-order chi connectivity index (χ1) is 10.0. The van der Waals surface area contributed by atoms with Crippen LogP contribution >= 0.6 is 0 Å². The van der Waals surface area contributed by atoms with Crippen LogP contribution in [0.2, 0.25) is 0 Å². The van der Waals surface area contributed by atoms with Crippen LogP contribution in [0.1, 0.15) is 40.1 Å². The Balaban J connectivity index is 1.85. The maximum absolute atomic E-state index is 10.8. The number of aromatic nitrogens is 2. The third-order valence-corrected chi connectivity index (χ3v) is 3.92. The monoisotopic (exact) mass is 283 g/mol. The summed E-state index contributed by atoms with van der Waals surface area (Å²) in [6.07, 6.45) is 3.79.